The SMILES string of the molecule is Cc1c(-c2ccc(O)c(Cl)c2)oc2ccc(O)cc2c1=O. The van der Waals surface area contributed by atoms with Gasteiger partial charge in [-0.3, -0.25) is 4.79 Å². The van der Waals surface area contributed by atoms with E-state index in [4.69, 9.17) is 16.0 Å². The third-order valence-electron chi connectivity index (χ3n) is 3.31. The van der Waals surface area contributed by atoms with Gasteiger partial charge in [-0.05, 0) is 43.3 Å². The number of hydrogen-bond acceptors (Lipinski definition) is 4. The molecule has 0 amide bonds. The molecule has 0 spiro atoms. The molecule has 0 aliphatic heterocycles. The van der Waals surface area contributed by atoms with E-state index in [2.05, 4.69) is 0 Å². The second-order valence-electron chi connectivity index (χ2n) is 4.73. The molecule has 2 aromatic carbocycles. The summed E-state index contributed by atoms with van der Waals surface area (Å²) >= 11 is 5.89. The first-order valence-electron chi connectivity index (χ1n) is 6.22. The summed E-state index contributed by atoms with van der Waals surface area (Å²) < 4.78 is 5.76. The van der Waals surface area contributed by atoms with Gasteiger partial charge in [0.1, 0.15) is 22.8 Å². The molecule has 0 aliphatic carbocycles. The number of benzene rings is 2. The van der Waals surface area contributed by atoms with Crippen LogP contribution in [0.1, 0.15) is 5.56 Å². The zero-order chi connectivity index (χ0) is 15.1. The molecule has 2 N–H and O–H groups in total. The summed E-state index contributed by atoms with van der Waals surface area (Å²) in [6.07, 6.45) is 0. The predicted molar refractivity (Wildman–Crippen MR) is 81.0 cm³/mol. The van der Waals surface area contributed by atoms with E-state index in [0.29, 0.717) is 27.9 Å². The van der Waals surface area contributed by atoms with Gasteiger partial charge in [0.15, 0.2) is 5.43 Å². The Kier molecular flexibility index (Phi) is 3.11. The lowest BCUT2D eigenvalue weighted by Crippen LogP contribution is -2.07. The normalized spacial score (nSPS) is 11.0. The average Bonchev–Trinajstić information content (AvgIpc) is 2.46. The monoisotopic (exact) mass is 302 g/mol. The lowest BCUT2D eigenvalue weighted by Gasteiger charge is -2.08. The molecule has 4 nitrogen and oxygen atoms in total. The van der Waals surface area contributed by atoms with Crippen molar-refractivity contribution >= 4 is 22.6 Å². The van der Waals surface area contributed by atoms with Crippen LogP contribution in [0.15, 0.2) is 45.6 Å². The van der Waals surface area contributed by atoms with E-state index < -0.39 is 0 Å². The zero-order valence-corrected chi connectivity index (χ0v) is 11.8. The van der Waals surface area contributed by atoms with E-state index in [9.17, 15) is 15.0 Å². The lowest BCUT2D eigenvalue weighted by molar-refractivity contribution is 0.474. The fourth-order valence-corrected chi connectivity index (χ4v) is 2.38. The molecule has 1 aromatic heterocycles. The van der Waals surface area contributed by atoms with Crippen molar-refractivity contribution in [1.29, 1.82) is 0 Å². The van der Waals surface area contributed by atoms with Gasteiger partial charge in [-0.2, -0.15) is 0 Å². The van der Waals surface area contributed by atoms with Crippen molar-refractivity contribution in [2.75, 3.05) is 0 Å². The lowest BCUT2D eigenvalue weighted by atomic mass is 10.1. The van der Waals surface area contributed by atoms with Gasteiger partial charge < -0.3 is 14.6 Å². The number of phenols is 2. The minimum absolute atomic E-state index is 0.00891. The first kappa shape index (κ1) is 13.5. The largest absolute Gasteiger partial charge is 0.508 e. The molecule has 106 valence electrons. The summed E-state index contributed by atoms with van der Waals surface area (Å²) in [5.41, 5.74) is 1.17. The molecule has 21 heavy (non-hydrogen) atoms. The molecule has 5 heteroatoms. The van der Waals surface area contributed by atoms with Crippen molar-refractivity contribution in [3.8, 4) is 22.8 Å². The molecule has 3 aromatic rings. The summed E-state index contributed by atoms with van der Waals surface area (Å²) in [6.45, 7) is 1.64. The Bertz CT molecular complexity index is 912. The Morgan fingerprint density at radius 2 is 1.86 bits per heavy atom. The Balaban J connectivity index is 2.33. The second kappa shape index (κ2) is 4.82. The van der Waals surface area contributed by atoms with Gasteiger partial charge in [0, 0.05) is 11.1 Å². The van der Waals surface area contributed by atoms with E-state index in [1.54, 1.807) is 13.0 Å². The van der Waals surface area contributed by atoms with Gasteiger partial charge in [0.2, 0.25) is 0 Å². The number of fused-ring (bicyclic) bond motifs is 1. The molecule has 0 aliphatic rings. The molecule has 0 radical (unpaired) electrons. The Labute approximate surface area is 124 Å². The Morgan fingerprint density at radius 3 is 2.57 bits per heavy atom. The molecular weight excluding hydrogens is 292 g/mol. The number of halogens is 1. The first-order chi connectivity index (χ1) is 9.97. The van der Waals surface area contributed by atoms with Crippen LogP contribution >= 0.6 is 11.6 Å². The predicted octanol–water partition coefficient (Wildman–Crippen LogP) is 3.83. The molecule has 0 bridgehead atoms. The molecular formula is C16H11ClO4. The third kappa shape index (κ3) is 2.23. The standard InChI is InChI=1S/C16H11ClO4/c1-8-15(20)11-7-10(18)3-5-14(11)21-16(8)9-2-4-13(19)12(17)6-9/h2-7,18-19H,1H3. The number of phenolic OH excluding ortho intramolecular Hbond substituents is 2. The van der Waals surface area contributed by atoms with Crippen LogP contribution in [0.4, 0.5) is 0 Å². The average molecular weight is 303 g/mol. The van der Waals surface area contributed by atoms with Crippen molar-refractivity contribution in [1.82, 2.24) is 0 Å². The minimum atomic E-state index is -0.216. The third-order valence-corrected chi connectivity index (χ3v) is 3.61. The smallest absolute Gasteiger partial charge is 0.196 e. The van der Waals surface area contributed by atoms with Gasteiger partial charge in [-0.1, -0.05) is 11.6 Å². The van der Waals surface area contributed by atoms with Gasteiger partial charge >= 0.3 is 0 Å². The van der Waals surface area contributed by atoms with Gasteiger partial charge in [-0.25, -0.2) is 0 Å². The Hall–Kier alpha value is -2.46. The van der Waals surface area contributed by atoms with Crippen LogP contribution in [0, 0.1) is 6.92 Å². The number of aromatic hydroxyl groups is 2. The van der Waals surface area contributed by atoms with Crippen molar-refractivity contribution < 1.29 is 14.6 Å². The molecule has 3 rings (SSSR count). The van der Waals surface area contributed by atoms with Crippen LogP contribution < -0.4 is 5.43 Å². The fourth-order valence-electron chi connectivity index (χ4n) is 2.20. The quantitative estimate of drug-likeness (QED) is 0.716. The van der Waals surface area contributed by atoms with E-state index in [-0.39, 0.29) is 22.0 Å². The van der Waals surface area contributed by atoms with E-state index >= 15 is 0 Å². The zero-order valence-electron chi connectivity index (χ0n) is 11.1. The van der Waals surface area contributed by atoms with Crippen LogP contribution in [0.3, 0.4) is 0 Å². The minimum Gasteiger partial charge on any atom is -0.508 e. The Morgan fingerprint density at radius 1 is 1.10 bits per heavy atom. The highest BCUT2D eigenvalue weighted by molar-refractivity contribution is 6.32. The molecule has 0 saturated carbocycles. The first-order valence-corrected chi connectivity index (χ1v) is 6.60. The second-order valence-corrected chi connectivity index (χ2v) is 5.14. The topological polar surface area (TPSA) is 70.7 Å². The molecule has 0 fully saturated rings. The highest BCUT2D eigenvalue weighted by Gasteiger charge is 2.14. The van der Waals surface area contributed by atoms with Crippen LogP contribution in [-0.2, 0) is 0 Å². The maximum Gasteiger partial charge on any atom is 0.196 e. The van der Waals surface area contributed by atoms with Gasteiger partial charge in [-0.15, -0.1) is 0 Å². The van der Waals surface area contributed by atoms with Crippen LogP contribution in [0.5, 0.6) is 11.5 Å². The highest BCUT2D eigenvalue weighted by Crippen LogP contribution is 2.32. The van der Waals surface area contributed by atoms with Crippen LogP contribution in [-0.4, -0.2) is 10.2 Å². The van der Waals surface area contributed by atoms with Crippen molar-refractivity contribution in [3.05, 3.63) is 57.2 Å². The van der Waals surface area contributed by atoms with Crippen molar-refractivity contribution in [3.63, 3.8) is 0 Å². The van der Waals surface area contributed by atoms with Crippen LogP contribution in [0.25, 0.3) is 22.3 Å². The maximum atomic E-state index is 12.4. The molecule has 0 unspecified atom stereocenters. The summed E-state index contributed by atoms with van der Waals surface area (Å²) in [5.74, 6) is 0.362. The van der Waals surface area contributed by atoms with Crippen molar-refractivity contribution in [2.45, 2.75) is 6.92 Å². The molecule has 0 saturated heterocycles. The number of rotatable bonds is 1. The summed E-state index contributed by atoms with van der Waals surface area (Å²) in [5, 5.41) is 19.4. The summed E-state index contributed by atoms with van der Waals surface area (Å²) in [7, 11) is 0. The fraction of sp³-hybridized carbons (Fsp3) is 0.0625. The summed E-state index contributed by atoms with van der Waals surface area (Å²) in [4.78, 5) is 12.4. The van der Waals surface area contributed by atoms with Gasteiger partial charge in [0.25, 0.3) is 0 Å². The van der Waals surface area contributed by atoms with E-state index in [1.807, 2.05) is 0 Å². The highest BCUT2D eigenvalue weighted by atomic mass is 35.5. The molecule has 1 heterocycles. The van der Waals surface area contributed by atoms with E-state index in [1.165, 1.54) is 30.3 Å². The van der Waals surface area contributed by atoms with Crippen molar-refractivity contribution in [2.24, 2.45) is 0 Å². The van der Waals surface area contributed by atoms with Crippen LogP contribution in [0.2, 0.25) is 5.02 Å². The van der Waals surface area contributed by atoms with E-state index in [0.717, 1.165) is 0 Å². The maximum absolute atomic E-state index is 12.4. The van der Waals surface area contributed by atoms with Gasteiger partial charge in [0.05, 0.1) is 10.4 Å². The number of hydrogen-bond donors (Lipinski definition) is 2. The summed E-state index contributed by atoms with van der Waals surface area (Å²) in [6, 6.07) is 8.97. The molecule has 0 atom stereocenters.